The van der Waals surface area contributed by atoms with Crippen molar-refractivity contribution in [2.75, 3.05) is 12.1 Å². The Morgan fingerprint density at radius 3 is 2.81 bits per heavy atom. The Labute approximate surface area is 104 Å². The predicted octanol–water partition coefficient (Wildman–Crippen LogP) is 3.69. The molecule has 16 heavy (non-hydrogen) atoms. The van der Waals surface area contributed by atoms with Crippen LogP contribution in [0.5, 0.6) is 11.5 Å². The molecule has 86 valence electrons. The van der Waals surface area contributed by atoms with Gasteiger partial charge in [0.25, 0.3) is 0 Å². The second kappa shape index (κ2) is 5.94. The zero-order valence-electron chi connectivity index (χ0n) is 9.12. The third-order valence-corrected chi connectivity index (χ3v) is 2.94. The van der Waals surface area contributed by atoms with Crippen molar-refractivity contribution >= 4 is 15.9 Å². The SMILES string of the molecule is BrCC/C=C/CCc1ccc2c(c1)OCO2. The molecule has 0 amide bonds. The number of halogens is 1. The summed E-state index contributed by atoms with van der Waals surface area (Å²) in [5.41, 5.74) is 1.30. The monoisotopic (exact) mass is 282 g/mol. The highest BCUT2D eigenvalue weighted by Crippen LogP contribution is 2.32. The van der Waals surface area contributed by atoms with Crippen LogP contribution < -0.4 is 9.47 Å². The van der Waals surface area contributed by atoms with Crippen LogP contribution >= 0.6 is 15.9 Å². The fourth-order valence-electron chi connectivity index (χ4n) is 1.65. The summed E-state index contributed by atoms with van der Waals surface area (Å²) in [6.45, 7) is 0.351. The summed E-state index contributed by atoms with van der Waals surface area (Å²) in [5, 5.41) is 1.04. The molecule has 1 aliphatic rings. The lowest BCUT2D eigenvalue weighted by Crippen LogP contribution is -1.92. The van der Waals surface area contributed by atoms with Crippen molar-refractivity contribution in [1.29, 1.82) is 0 Å². The molecule has 0 fully saturated rings. The number of fused-ring (bicyclic) bond motifs is 1. The molecule has 3 heteroatoms. The number of hydrogen-bond donors (Lipinski definition) is 0. The van der Waals surface area contributed by atoms with Crippen LogP contribution in [0.15, 0.2) is 30.4 Å². The molecule has 1 aliphatic heterocycles. The van der Waals surface area contributed by atoms with E-state index in [-0.39, 0.29) is 0 Å². The topological polar surface area (TPSA) is 18.5 Å². The summed E-state index contributed by atoms with van der Waals surface area (Å²) in [6, 6.07) is 6.16. The van der Waals surface area contributed by atoms with Gasteiger partial charge in [-0.1, -0.05) is 34.1 Å². The quantitative estimate of drug-likeness (QED) is 0.606. The lowest BCUT2D eigenvalue weighted by molar-refractivity contribution is 0.174. The third-order valence-electron chi connectivity index (χ3n) is 2.48. The van der Waals surface area contributed by atoms with Crippen molar-refractivity contribution in [3.63, 3.8) is 0 Å². The molecule has 1 aromatic carbocycles. The van der Waals surface area contributed by atoms with E-state index in [0.717, 1.165) is 36.1 Å². The zero-order chi connectivity index (χ0) is 11.2. The molecule has 0 bridgehead atoms. The Morgan fingerprint density at radius 1 is 1.12 bits per heavy atom. The van der Waals surface area contributed by atoms with E-state index in [9.17, 15) is 0 Å². The van der Waals surface area contributed by atoms with Crippen LogP contribution in [0.25, 0.3) is 0 Å². The first-order valence-corrected chi connectivity index (χ1v) is 6.62. The molecule has 0 aliphatic carbocycles. The number of benzene rings is 1. The molecule has 0 radical (unpaired) electrons. The van der Waals surface area contributed by atoms with Crippen molar-refractivity contribution in [3.8, 4) is 11.5 Å². The predicted molar refractivity (Wildman–Crippen MR) is 68.4 cm³/mol. The van der Waals surface area contributed by atoms with E-state index in [0.29, 0.717) is 6.79 Å². The van der Waals surface area contributed by atoms with Crippen molar-refractivity contribution in [3.05, 3.63) is 35.9 Å². The molecule has 0 aromatic heterocycles. The Kier molecular flexibility index (Phi) is 4.28. The number of allylic oxidation sites excluding steroid dienone is 2. The Hall–Kier alpha value is -0.960. The smallest absolute Gasteiger partial charge is 0.231 e. The molecule has 0 saturated heterocycles. The maximum absolute atomic E-state index is 5.34. The van der Waals surface area contributed by atoms with E-state index in [1.807, 2.05) is 6.07 Å². The van der Waals surface area contributed by atoms with E-state index < -0.39 is 0 Å². The van der Waals surface area contributed by atoms with Gasteiger partial charge in [-0.05, 0) is 37.0 Å². The highest BCUT2D eigenvalue weighted by molar-refractivity contribution is 9.09. The minimum Gasteiger partial charge on any atom is -0.454 e. The van der Waals surface area contributed by atoms with E-state index in [1.165, 1.54) is 5.56 Å². The molecule has 0 saturated carbocycles. The highest BCUT2D eigenvalue weighted by atomic mass is 79.9. The molecule has 0 N–H and O–H groups in total. The first-order chi connectivity index (χ1) is 7.90. The average molecular weight is 283 g/mol. The molecule has 0 unspecified atom stereocenters. The van der Waals surface area contributed by atoms with Gasteiger partial charge in [0, 0.05) is 5.33 Å². The van der Waals surface area contributed by atoms with E-state index in [2.05, 4.69) is 40.2 Å². The molecule has 1 heterocycles. The second-order valence-corrected chi connectivity index (χ2v) is 4.47. The van der Waals surface area contributed by atoms with E-state index >= 15 is 0 Å². The maximum atomic E-state index is 5.34. The summed E-state index contributed by atoms with van der Waals surface area (Å²) in [6.07, 6.45) is 7.66. The summed E-state index contributed by atoms with van der Waals surface area (Å²) >= 11 is 3.40. The number of ether oxygens (including phenoxy) is 2. The van der Waals surface area contributed by atoms with Crippen LogP contribution in [0.2, 0.25) is 0 Å². The fraction of sp³-hybridized carbons (Fsp3) is 0.385. The van der Waals surface area contributed by atoms with E-state index in [4.69, 9.17) is 9.47 Å². The summed E-state index contributed by atoms with van der Waals surface area (Å²) < 4.78 is 10.6. The summed E-state index contributed by atoms with van der Waals surface area (Å²) in [4.78, 5) is 0. The van der Waals surface area contributed by atoms with Gasteiger partial charge in [0.05, 0.1) is 0 Å². The van der Waals surface area contributed by atoms with Crippen LogP contribution in [-0.4, -0.2) is 12.1 Å². The molecule has 1 aromatic rings. The van der Waals surface area contributed by atoms with Crippen LogP contribution in [-0.2, 0) is 6.42 Å². The lowest BCUT2D eigenvalue weighted by Gasteiger charge is -2.00. The number of hydrogen-bond acceptors (Lipinski definition) is 2. The van der Waals surface area contributed by atoms with Gasteiger partial charge in [-0.25, -0.2) is 0 Å². The molecular weight excluding hydrogens is 268 g/mol. The zero-order valence-corrected chi connectivity index (χ0v) is 10.7. The van der Waals surface area contributed by atoms with Crippen LogP contribution in [0.3, 0.4) is 0 Å². The first kappa shape index (κ1) is 11.5. The van der Waals surface area contributed by atoms with Gasteiger partial charge < -0.3 is 9.47 Å². The van der Waals surface area contributed by atoms with Gasteiger partial charge in [-0.3, -0.25) is 0 Å². The first-order valence-electron chi connectivity index (χ1n) is 5.49. The molecule has 2 rings (SSSR count). The van der Waals surface area contributed by atoms with Gasteiger partial charge in [0.15, 0.2) is 11.5 Å². The lowest BCUT2D eigenvalue weighted by atomic mass is 10.1. The molecule has 0 atom stereocenters. The normalized spacial score (nSPS) is 13.6. The van der Waals surface area contributed by atoms with Crippen molar-refractivity contribution in [2.45, 2.75) is 19.3 Å². The van der Waals surface area contributed by atoms with Gasteiger partial charge in [-0.2, -0.15) is 0 Å². The number of aryl methyl sites for hydroxylation is 1. The van der Waals surface area contributed by atoms with Gasteiger partial charge >= 0.3 is 0 Å². The average Bonchev–Trinajstić information content (AvgIpc) is 2.76. The third kappa shape index (κ3) is 3.01. The van der Waals surface area contributed by atoms with Gasteiger partial charge in [0.1, 0.15) is 0 Å². The van der Waals surface area contributed by atoms with E-state index in [1.54, 1.807) is 0 Å². The fourth-order valence-corrected chi connectivity index (χ4v) is 1.91. The van der Waals surface area contributed by atoms with Gasteiger partial charge in [0.2, 0.25) is 6.79 Å². The van der Waals surface area contributed by atoms with Crippen molar-refractivity contribution in [2.24, 2.45) is 0 Å². The molecule has 2 nitrogen and oxygen atoms in total. The Morgan fingerprint density at radius 2 is 1.94 bits per heavy atom. The summed E-state index contributed by atoms with van der Waals surface area (Å²) in [7, 11) is 0. The summed E-state index contributed by atoms with van der Waals surface area (Å²) in [5.74, 6) is 1.74. The van der Waals surface area contributed by atoms with Crippen LogP contribution in [0, 0.1) is 0 Å². The maximum Gasteiger partial charge on any atom is 0.231 e. The Bertz CT molecular complexity index is 374. The number of rotatable bonds is 5. The second-order valence-electron chi connectivity index (χ2n) is 3.68. The van der Waals surface area contributed by atoms with Crippen LogP contribution in [0.4, 0.5) is 0 Å². The highest BCUT2D eigenvalue weighted by Gasteiger charge is 2.12. The van der Waals surface area contributed by atoms with Gasteiger partial charge in [-0.15, -0.1) is 0 Å². The van der Waals surface area contributed by atoms with Crippen LogP contribution in [0.1, 0.15) is 18.4 Å². The van der Waals surface area contributed by atoms with Crippen molar-refractivity contribution < 1.29 is 9.47 Å². The minimum absolute atomic E-state index is 0.351. The molecule has 0 spiro atoms. The standard InChI is InChI=1S/C13H15BrO2/c14-8-4-2-1-3-5-11-6-7-12-13(9-11)16-10-15-12/h1-2,6-7,9H,3-5,8,10H2/b2-1+. The number of alkyl halides is 1. The molecular formula is C13H15BrO2. The minimum atomic E-state index is 0.351. The largest absolute Gasteiger partial charge is 0.454 e. The van der Waals surface area contributed by atoms with Crippen molar-refractivity contribution in [1.82, 2.24) is 0 Å². The Balaban J connectivity index is 1.86.